The summed E-state index contributed by atoms with van der Waals surface area (Å²) >= 11 is 0. The van der Waals surface area contributed by atoms with E-state index >= 15 is 0 Å². The van der Waals surface area contributed by atoms with E-state index in [0.717, 1.165) is 36.3 Å². The lowest BCUT2D eigenvalue weighted by Crippen LogP contribution is -2.29. The van der Waals surface area contributed by atoms with Gasteiger partial charge in [-0.3, -0.25) is 0 Å². The number of imidazole rings is 1. The highest BCUT2D eigenvalue weighted by Gasteiger charge is 2.15. The summed E-state index contributed by atoms with van der Waals surface area (Å²) in [6, 6.07) is 8.55. The normalized spacial score (nSPS) is 10.7. The van der Waals surface area contributed by atoms with Gasteiger partial charge in [-0.2, -0.15) is 5.26 Å². The number of rotatable bonds is 9. The second-order valence-electron chi connectivity index (χ2n) is 7.12. The molecule has 9 nitrogen and oxygen atoms in total. The maximum atomic E-state index is 12.1. The third kappa shape index (κ3) is 5.49. The minimum Gasteiger partial charge on any atom is -0.382 e. The molecule has 0 saturated carbocycles. The number of ether oxygens (including phenoxy) is 1. The van der Waals surface area contributed by atoms with Crippen LogP contribution in [0.15, 0.2) is 30.5 Å². The van der Waals surface area contributed by atoms with Gasteiger partial charge in [-0.25, -0.2) is 14.8 Å². The summed E-state index contributed by atoms with van der Waals surface area (Å²) in [5.41, 5.74) is 9.80. The highest BCUT2D eigenvalue weighted by atomic mass is 16.5. The summed E-state index contributed by atoms with van der Waals surface area (Å²) in [5, 5.41) is 14.5. The van der Waals surface area contributed by atoms with Gasteiger partial charge in [-0.1, -0.05) is 6.07 Å². The Hall–Kier alpha value is -3.64. The maximum Gasteiger partial charge on any atom is 0.319 e. The van der Waals surface area contributed by atoms with Crippen molar-refractivity contribution >= 4 is 28.6 Å². The lowest BCUT2D eigenvalue weighted by atomic mass is 10.2. The van der Waals surface area contributed by atoms with Gasteiger partial charge in [0.1, 0.15) is 17.9 Å². The molecule has 162 valence electrons. The summed E-state index contributed by atoms with van der Waals surface area (Å²) in [4.78, 5) is 20.9. The first-order chi connectivity index (χ1) is 15.0. The lowest BCUT2D eigenvalue weighted by molar-refractivity contribution is 0.126. The van der Waals surface area contributed by atoms with Gasteiger partial charge in [0.2, 0.25) is 0 Å². The SMILES string of the molecule is CCOCc1nc2c(N)ncc(C)c2n1CCCCNC(=O)Nc1cccc(C#N)c1. The van der Waals surface area contributed by atoms with Gasteiger partial charge in [0.15, 0.2) is 5.82 Å². The standard InChI is InChI=1S/C22H27N7O2/c1-3-31-14-18-28-19-20(15(2)13-26-21(19)24)29(18)10-5-4-9-25-22(30)27-17-8-6-7-16(11-17)12-23/h6-8,11,13H,3-5,9-10,14H2,1-2H3,(H2,24,26)(H2,25,27,30). The zero-order chi connectivity index (χ0) is 22.2. The monoisotopic (exact) mass is 421 g/mol. The van der Waals surface area contributed by atoms with Crippen molar-refractivity contribution in [2.45, 2.75) is 39.8 Å². The number of fused-ring (bicyclic) bond motifs is 1. The first kappa shape index (κ1) is 22.1. The van der Waals surface area contributed by atoms with E-state index in [1.165, 1.54) is 0 Å². The Morgan fingerprint density at radius 2 is 2.19 bits per heavy atom. The Bertz CT molecular complexity index is 1100. The molecule has 0 radical (unpaired) electrons. The number of nitrogen functional groups attached to an aromatic ring is 1. The largest absolute Gasteiger partial charge is 0.382 e. The maximum absolute atomic E-state index is 12.1. The number of amides is 2. The zero-order valence-electron chi connectivity index (χ0n) is 17.8. The van der Waals surface area contributed by atoms with Crippen LogP contribution in [0.1, 0.15) is 36.7 Å². The third-order valence-corrected chi connectivity index (χ3v) is 4.84. The molecule has 3 aromatic rings. The topological polar surface area (TPSA) is 131 Å². The molecule has 0 aliphatic rings. The lowest BCUT2D eigenvalue weighted by Gasteiger charge is -2.11. The number of anilines is 2. The number of carbonyl (C=O) groups is 1. The molecule has 0 aliphatic carbocycles. The van der Waals surface area contributed by atoms with E-state index in [-0.39, 0.29) is 6.03 Å². The predicted molar refractivity (Wildman–Crippen MR) is 119 cm³/mol. The van der Waals surface area contributed by atoms with E-state index in [4.69, 9.17) is 15.7 Å². The second-order valence-corrected chi connectivity index (χ2v) is 7.12. The van der Waals surface area contributed by atoms with E-state index in [9.17, 15) is 4.79 Å². The van der Waals surface area contributed by atoms with Crippen molar-refractivity contribution in [3.8, 4) is 6.07 Å². The van der Waals surface area contributed by atoms with Gasteiger partial charge in [-0.05, 0) is 50.5 Å². The molecule has 3 rings (SSSR count). The number of hydrogen-bond acceptors (Lipinski definition) is 6. The molecule has 0 aliphatic heterocycles. The number of nitriles is 1. The molecule has 0 bridgehead atoms. The number of carbonyl (C=O) groups excluding carboxylic acids is 1. The summed E-state index contributed by atoms with van der Waals surface area (Å²) in [5.74, 6) is 1.23. The summed E-state index contributed by atoms with van der Waals surface area (Å²) in [6.07, 6.45) is 3.39. The molecule has 4 N–H and O–H groups in total. The van der Waals surface area contributed by atoms with Crippen LogP contribution in [0.4, 0.5) is 16.3 Å². The molecule has 31 heavy (non-hydrogen) atoms. The number of hydrogen-bond donors (Lipinski definition) is 3. The van der Waals surface area contributed by atoms with Crippen LogP contribution in [0, 0.1) is 18.3 Å². The minimum atomic E-state index is -0.296. The van der Waals surface area contributed by atoms with Crippen LogP contribution < -0.4 is 16.4 Å². The van der Waals surface area contributed by atoms with Crippen LogP contribution in [-0.4, -0.2) is 33.7 Å². The quantitative estimate of drug-likeness (QED) is 0.454. The van der Waals surface area contributed by atoms with Crippen LogP contribution in [0.5, 0.6) is 0 Å². The number of nitrogens with one attached hydrogen (secondary N) is 2. The Kier molecular flexibility index (Phi) is 7.40. The number of nitrogens with two attached hydrogens (primary N) is 1. The van der Waals surface area contributed by atoms with Crippen LogP contribution in [0.2, 0.25) is 0 Å². The molecule has 2 aromatic heterocycles. The van der Waals surface area contributed by atoms with Gasteiger partial charge in [0.25, 0.3) is 0 Å². The van der Waals surface area contributed by atoms with Crippen molar-refractivity contribution < 1.29 is 9.53 Å². The number of benzene rings is 1. The van der Waals surface area contributed by atoms with Gasteiger partial charge < -0.3 is 25.7 Å². The van der Waals surface area contributed by atoms with Crippen molar-refractivity contribution in [2.75, 3.05) is 24.2 Å². The Labute approximate surface area is 181 Å². The number of aryl methyl sites for hydroxylation is 2. The van der Waals surface area contributed by atoms with E-state index in [2.05, 4.69) is 31.2 Å². The third-order valence-electron chi connectivity index (χ3n) is 4.84. The summed E-state index contributed by atoms with van der Waals surface area (Å²) in [7, 11) is 0. The Morgan fingerprint density at radius 3 is 2.97 bits per heavy atom. The minimum absolute atomic E-state index is 0.296. The van der Waals surface area contributed by atoms with Crippen molar-refractivity contribution in [1.82, 2.24) is 19.9 Å². The molecule has 0 unspecified atom stereocenters. The van der Waals surface area contributed by atoms with E-state index in [1.807, 2.05) is 13.8 Å². The molecule has 9 heteroatoms. The zero-order valence-corrected chi connectivity index (χ0v) is 17.8. The molecule has 0 saturated heterocycles. The Morgan fingerprint density at radius 1 is 1.35 bits per heavy atom. The average Bonchev–Trinajstić information content (AvgIpc) is 3.14. The average molecular weight is 422 g/mol. The van der Waals surface area contributed by atoms with Crippen molar-refractivity contribution in [3.05, 3.63) is 47.4 Å². The fourth-order valence-electron chi connectivity index (χ4n) is 3.35. The number of aromatic nitrogens is 3. The van der Waals surface area contributed by atoms with Crippen molar-refractivity contribution in [2.24, 2.45) is 0 Å². The smallest absolute Gasteiger partial charge is 0.319 e. The number of nitrogens with zero attached hydrogens (tertiary/aromatic N) is 4. The predicted octanol–water partition coefficient (Wildman–Crippen LogP) is 3.33. The molecule has 0 atom stereocenters. The fourth-order valence-corrected chi connectivity index (χ4v) is 3.35. The van der Waals surface area contributed by atoms with Crippen molar-refractivity contribution in [3.63, 3.8) is 0 Å². The fraction of sp³-hybridized carbons (Fsp3) is 0.364. The first-order valence-electron chi connectivity index (χ1n) is 10.3. The molecular weight excluding hydrogens is 394 g/mol. The molecule has 2 amide bonds. The van der Waals surface area contributed by atoms with E-state index in [1.54, 1.807) is 30.5 Å². The number of pyridine rings is 1. The van der Waals surface area contributed by atoms with E-state index in [0.29, 0.717) is 42.3 Å². The summed E-state index contributed by atoms with van der Waals surface area (Å²) in [6.45, 7) is 6.21. The summed E-state index contributed by atoms with van der Waals surface area (Å²) < 4.78 is 7.70. The molecular formula is C22H27N7O2. The van der Waals surface area contributed by atoms with Crippen LogP contribution in [0.25, 0.3) is 11.0 Å². The first-order valence-corrected chi connectivity index (χ1v) is 10.3. The second kappa shape index (κ2) is 10.4. The highest BCUT2D eigenvalue weighted by Crippen LogP contribution is 2.24. The van der Waals surface area contributed by atoms with Gasteiger partial charge >= 0.3 is 6.03 Å². The molecule has 0 spiro atoms. The molecule has 0 fully saturated rings. The van der Waals surface area contributed by atoms with Crippen LogP contribution >= 0.6 is 0 Å². The van der Waals surface area contributed by atoms with Gasteiger partial charge in [0.05, 0.1) is 17.1 Å². The van der Waals surface area contributed by atoms with Gasteiger partial charge in [-0.15, -0.1) is 0 Å². The number of urea groups is 1. The molecule has 2 heterocycles. The highest BCUT2D eigenvalue weighted by molar-refractivity contribution is 5.89. The number of unbranched alkanes of at least 4 members (excludes halogenated alkanes) is 1. The molecule has 1 aromatic carbocycles. The van der Waals surface area contributed by atoms with E-state index < -0.39 is 0 Å². The van der Waals surface area contributed by atoms with Crippen molar-refractivity contribution in [1.29, 1.82) is 5.26 Å². The van der Waals surface area contributed by atoms with Crippen LogP contribution in [-0.2, 0) is 17.9 Å². The Balaban J connectivity index is 1.56. The van der Waals surface area contributed by atoms with Crippen LogP contribution in [0.3, 0.4) is 0 Å². The van der Waals surface area contributed by atoms with Gasteiger partial charge in [0, 0.05) is 31.6 Å².